The molecule has 116 valence electrons. The number of carbonyl (C=O) groups is 1. The second-order valence-corrected chi connectivity index (χ2v) is 6.11. The topological polar surface area (TPSA) is 47.6 Å². The molecular formula is C16H16BrNO3S. The third-order valence-corrected chi connectivity index (χ3v) is 4.29. The molecule has 6 heteroatoms. The zero-order chi connectivity index (χ0) is 16.1. The molecule has 0 aliphatic heterocycles. The second-order valence-electron chi connectivity index (χ2n) is 4.34. The molecule has 0 atom stereocenters. The lowest BCUT2D eigenvalue weighted by molar-refractivity contribution is 0.102. The first-order valence-corrected chi connectivity index (χ1v) is 8.48. The Morgan fingerprint density at radius 3 is 2.55 bits per heavy atom. The van der Waals surface area contributed by atoms with E-state index in [9.17, 15) is 4.79 Å². The van der Waals surface area contributed by atoms with Crippen LogP contribution in [0, 0.1) is 0 Å². The fourth-order valence-electron chi connectivity index (χ4n) is 2.05. The van der Waals surface area contributed by atoms with Gasteiger partial charge in [-0.15, -0.1) is 11.8 Å². The van der Waals surface area contributed by atoms with Crippen LogP contribution in [0.2, 0.25) is 0 Å². The number of ether oxygens (including phenoxy) is 2. The van der Waals surface area contributed by atoms with Crippen LogP contribution in [0.1, 0.15) is 10.4 Å². The number of hydrogen-bond acceptors (Lipinski definition) is 4. The van der Waals surface area contributed by atoms with Gasteiger partial charge in [-0.25, -0.2) is 0 Å². The molecule has 0 unspecified atom stereocenters. The highest BCUT2D eigenvalue weighted by Crippen LogP contribution is 2.37. The monoisotopic (exact) mass is 381 g/mol. The molecule has 0 spiro atoms. The maximum atomic E-state index is 12.7. The van der Waals surface area contributed by atoms with Crippen LogP contribution in [0.25, 0.3) is 0 Å². The van der Waals surface area contributed by atoms with Crippen molar-refractivity contribution in [1.82, 2.24) is 0 Å². The number of methoxy groups -OCH3 is 2. The van der Waals surface area contributed by atoms with Crippen molar-refractivity contribution >= 4 is 39.3 Å². The number of thioether (sulfide) groups is 1. The van der Waals surface area contributed by atoms with E-state index < -0.39 is 0 Å². The van der Waals surface area contributed by atoms with Gasteiger partial charge in [0.2, 0.25) is 0 Å². The number of nitrogens with one attached hydrogen (secondary N) is 1. The number of anilines is 1. The van der Waals surface area contributed by atoms with E-state index in [4.69, 9.17) is 9.47 Å². The number of benzene rings is 2. The Bertz CT molecular complexity index is 691. The van der Waals surface area contributed by atoms with Gasteiger partial charge in [0.15, 0.2) is 0 Å². The molecule has 0 aromatic heterocycles. The normalized spacial score (nSPS) is 10.2. The SMILES string of the molecule is COc1ccc(SC)c(OC)c1C(=O)Nc1cccc(Br)c1. The molecule has 0 heterocycles. The molecule has 1 N–H and O–H groups in total. The predicted molar refractivity (Wildman–Crippen MR) is 93.4 cm³/mol. The zero-order valence-corrected chi connectivity index (χ0v) is 14.9. The first-order valence-electron chi connectivity index (χ1n) is 6.46. The van der Waals surface area contributed by atoms with Crippen molar-refractivity contribution in [3.05, 3.63) is 46.4 Å². The molecule has 2 rings (SSSR count). The standard InChI is InChI=1S/C16H16BrNO3S/c1-20-12-7-8-13(22-3)15(21-2)14(12)16(19)18-11-6-4-5-10(17)9-11/h4-9H,1-3H3,(H,18,19). The van der Waals surface area contributed by atoms with Crippen LogP contribution in [-0.2, 0) is 0 Å². The number of hydrogen-bond donors (Lipinski definition) is 1. The van der Waals surface area contributed by atoms with Gasteiger partial charge in [0.25, 0.3) is 5.91 Å². The minimum Gasteiger partial charge on any atom is -0.496 e. The Balaban J connectivity index is 2.43. The average molecular weight is 382 g/mol. The molecule has 0 radical (unpaired) electrons. The van der Waals surface area contributed by atoms with Gasteiger partial charge >= 0.3 is 0 Å². The third-order valence-electron chi connectivity index (χ3n) is 3.04. The largest absolute Gasteiger partial charge is 0.496 e. The van der Waals surface area contributed by atoms with Crippen molar-refractivity contribution in [3.63, 3.8) is 0 Å². The summed E-state index contributed by atoms with van der Waals surface area (Å²) in [6.45, 7) is 0. The highest BCUT2D eigenvalue weighted by atomic mass is 79.9. The summed E-state index contributed by atoms with van der Waals surface area (Å²) in [4.78, 5) is 13.5. The minimum absolute atomic E-state index is 0.275. The van der Waals surface area contributed by atoms with E-state index in [2.05, 4.69) is 21.2 Å². The summed E-state index contributed by atoms with van der Waals surface area (Å²) in [5.41, 5.74) is 1.08. The predicted octanol–water partition coefficient (Wildman–Crippen LogP) is 4.44. The average Bonchev–Trinajstić information content (AvgIpc) is 2.53. The van der Waals surface area contributed by atoms with Crippen LogP contribution in [0.15, 0.2) is 45.8 Å². The van der Waals surface area contributed by atoms with Crippen LogP contribution in [0.3, 0.4) is 0 Å². The first-order chi connectivity index (χ1) is 10.6. The molecule has 0 saturated carbocycles. The molecule has 22 heavy (non-hydrogen) atoms. The smallest absolute Gasteiger partial charge is 0.263 e. The van der Waals surface area contributed by atoms with E-state index in [0.29, 0.717) is 22.7 Å². The van der Waals surface area contributed by atoms with E-state index in [-0.39, 0.29) is 5.91 Å². The molecule has 0 aliphatic carbocycles. The van der Waals surface area contributed by atoms with Crippen molar-refractivity contribution in [3.8, 4) is 11.5 Å². The third kappa shape index (κ3) is 3.56. The minimum atomic E-state index is -0.275. The summed E-state index contributed by atoms with van der Waals surface area (Å²) in [5, 5.41) is 2.86. The number of amides is 1. The summed E-state index contributed by atoms with van der Waals surface area (Å²) in [5.74, 6) is 0.712. The lowest BCUT2D eigenvalue weighted by Crippen LogP contribution is -2.15. The van der Waals surface area contributed by atoms with Gasteiger partial charge in [-0.2, -0.15) is 0 Å². The van der Waals surface area contributed by atoms with E-state index >= 15 is 0 Å². The number of carbonyl (C=O) groups excluding carboxylic acids is 1. The molecule has 1 amide bonds. The van der Waals surface area contributed by atoms with Crippen LogP contribution >= 0.6 is 27.7 Å². The van der Waals surface area contributed by atoms with Crippen molar-refractivity contribution < 1.29 is 14.3 Å². The Kier molecular flexibility index (Phi) is 5.74. The van der Waals surface area contributed by atoms with Crippen molar-refractivity contribution in [2.24, 2.45) is 0 Å². The van der Waals surface area contributed by atoms with Gasteiger partial charge in [0.05, 0.1) is 19.1 Å². The summed E-state index contributed by atoms with van der Waals surface area (Å²) in [6.07, 6.45) is 1.93. The Morgan fingerprint density at radius 1 is 1.18 bits per heavy atom. The Morgan fingerprint density at radius 2 is 1.95 bits per heavy atom. The van der Waals surface area contributed by atoms with E-state index in [1.165, 1.54) is 18.9 Å². The molecular weight excluding hydrogens is 366 g/mol. The zero-order valence-electron chi connectivity index (χ0n) is 12.5. The molecule has 2 aromatic rings. The molecule has 4 nitrogen and oxygen atoms in total. The summed E-state index contributed by atoms with van der Waals surface area (Å²) >= 11 is 4.89. The van der Waals surface area contributed by atoms with E-state index in [1.807, 2.05) is 36.6 Å². The van der Waals surface area contributed by atoms with Crippen LogP contribution in [0.4, 0.5) is 5.69 Å². The van der Waals surface area contributed by atoms with Gasteiger partial charge in [0.1, 0.15) is 17.1 Å². The lowest BCUT2D eigenvalue weighted by atomic mass is 10.1. The lowest BCUT2D eigenvalue weighted by Gasteiger charge is -2.15. The van der Waals surface area contributed by atoms with Crippen molar-refractivity contribution in [2.75, 3.05) is 25.8 Å². The van der Waals surface area contributed by atoms with Crippen LogP contribution in [-0.4, -0.2) is 26.4 Å². The fraction of sp³-hybridized carbons (Fsp3) is 0.188. The maximum absolute atomic E-state index is 12.7. The molecule has 0 fully saturated rings. The Labute approximate surface area is 142 Å². The number of rotatable bonds is 5. The second kappa shape index (κ2) is 7.56. The van der Waals surface area contributed by atoms with E-state index in [1.54, 1.807) is 13.2 Å². The maximum Gasteiger partial charge on any atom is 0.263 e. The van der Waals surface area contributed by atoms with Crippen LogP contribution in [0.5, 0.6) is 11.5 Å². The highest BCUT2D eigenvalue weighted by Gasteiger charge is 2.21. The van der Waals surface area contributed by atoms with Gasteiger partial charge in [0, 0.05) is 10.2 Å². The summed E-state index contributed by atoms with van der Waals surface area (Å²) in [6, 6.07) is 11.0. The van der Waals surface area contributed by atoms with Gasteiger partial charge in [-0.3, -0.25) is 4.79 Å². The first kappa shape index (κ1) is 16.7. The van der Waals surface area contributed by atoms with Gasteiger partial charge in [-0.05, 0) is 36.6 Å². The van der Waals surface area contributed by atoms with Gasteiger partial charge < -0.3 is 14.8 Å². The molecule has 0 aliphatic rings. The molecule has 0 bridgehead atoms. The van der Waals surface area contributed by atoms with Gasteiger partial charge in [-0.1, -0.05) is 22.0 Å². The molecule has 0 saturated heterocycles. The summed E-state index contributed by atoms with van der Waals surface area (Å²) in [7, 11) is 3.08. The van der Waals surface area contributed by atoms with Crippen molar-refractivity contribution in [1.29, 1.82) is 0 Å². The fourth-order valence-corrected chi connectivity index (χ4v) is 3.03. The van der Waals surface area contributed by atoms with Crippen LogP contribution < -0.4 is 14.8 Å². The van der Waals surface area contributed by atoms with Crippen molar-refractivity contribution in [2.45, 2.75) is 4.90 Å². The van der Waals surface area contributed by atoms with E-state index in [0.717, 1.165) is 9.37 Å². The Hall–Kier alpha value is -1.66. The summed E-state index contributed by atoms with van der Waals surface area (Å²) < 4.78 is 11.6. The molecule has 2 aromatic carbocycles. The highest BCUT2D eigenvalue weighted by molar-refractivity contribution is 9.10. The quantitative estimate of drug-likeness (QED) is 0.777. The number of halogens is 1.